The van der Waals surface area contributed by atoms with Gasteiger partial charge in [-0.05, 0) is 41.8 Å². The van der Waals surface area contributed by atoms with E-state index in [0.717, 1.165) is 28.7 Å². The summed E-state index contributed by atoms with van der Waals surface area (Å²) in [4.78, 5) is 0. The normalized spacial score (nSPS) is 10.6. The molecule has 0 aliphatic carbocycles. The predicted molar refractivity (Wildman–Crippen MR) is 78.2 cm³/mol. The van der Waals surface area contributed by atoms with Crippen molar-refractivity contribution in [1.82, 2.24) is 5.32 Å². The van der Waals surface area contributed by atoms with Gasteiger partial charge in [-0.25, -0.2) is 0 Å². The van der Waals surface area contributed by atoms with Crippen molar-refractivity contribution in [3.8, 4) is 0 Å². The first-order valence-corrected chi connectivity index (χ1v) is 6.61. The maximum atomic E-state index is 6.18. The Labute approximate surface area is 118 Å². The molecule has 0 atom stereocenters. The molecule has 0 amide bonds. The van der Waals surface area contributed by atoms with Gasteiger partial charge in [0.05, 0.1) is 0 Å². The molecule has 0 fully saturated rings. The Morgan fingerprint density at radius 3 is 2.56 bits per heavy atom. The van der Waals surface area contributed by atoms with E-state index in [1.54, 1.807) is 0 Å². The van der Waals surface area contributed by atoms with Crippen molar-refractivity contribution in [3.63, 3.8) is 0 Å². The van der Waals surface area contributed by atoms with Crippen molar-refractivity contribution < 1.29 is 0 Å². The van der Waals surface area contributed by atoms with Crippen LogP contribution < -0.4 is 5.32 Å². The molecule has 0 aromatic heterocycles. The van der Waals surface area contributed by atoms with Crippen LogP contribution in [0.3, 0.4) is 0 Å². The van der Waals surface area contributed by atoms with Crippen LogP contribution in [-0.2, 0) is 13.1 Å². The lowest BCUT2D eigenvalue weighted by molar-refractivity contribution is 0.693. The average molecular weight is 280 g/mol. The lowest BCUT2D eigenvalue weighted by Crippen LogP contribution is -2.12. The third-order valence-electron chi connectivity index (χ3n) is 2.74. The summed E-state index contributed by atoms with van der Waals surface area (Å²) in [6.07, 6.45) is 0. The van der Waals surface area contributed by atoms with Gasteiger partial charge in [-0.1, -0.05) is 47.5 Å². The number of halogens is 2. The van der Waals surface area contributed by atoms with Gasteiger partial charge in [-0.3, -0.25) is 0 Å². The molecule has 3 heteroatoms. The monoisotopic (exact) mass is 279 g/mol. The van der Waals surface area contributed by atoms with E-state index < -0.39 is 0 Å². The Kier molecular flexibility index (Phi) is 4.65. The SMILES string of the molecule is Cc1ccc(CNCc2cccc(Cl)c2)c(Cl)c1. The molecule has 2 rings (SSSR count). The average Bonchev–Trinajstić information content (AvgIpc) is 2.32. The van der Waals surface area contributed by atoms with Crippen molar-refractivity contribution in [2.45, 2.75) is 20.0 Å². The fourth-order valence-electron chi connectivity index (χ4n) is 1.78. The molecule has 0 aliphatic heterocycles. The molecule has 18 heavy (non-hydrogen) atoms. The van der Waals surface area contributed by atoms with Crippen LogP contribution in [0.4, 0.5) is 0 Å². The predicted octanol–water partition coefficient (Wildman–Crippen LogP) is 4.59. The lowest BCUT2D eigenvalue weighted by atomic mass is 10.1. The van der Waals surface area contributed by atoms with Gasteiger partial charge in [-0.2, -0.15) is 0 Å². The first kappa shape index (κ1) is 13.4. The van der Waals surface area contributed by atoms with Crippen molar-refractivity contribution in [1.29, 1.82) is 0 Å². The molecule has 0 aliphatic rings. The Morgan fingerprint density at radius 1 is 1.00 bits per heavy atom. The minimum Gasteiger partial charge on any atom is -0.309 e. The number of hydrogen-bond donors (Lipinski definition) is 1. The summed E-state index contributed by atoms with van der Waals surface area (Å²) in [7, 11) is 0. The molecule has 0 spiro atoms. The molecule has 1 nitrogen and oxygen atoms in total. The summed E-state index contributed by atoms with van der Waals surface area (Å²) >= 11 is 12.1. The Hall–Kier alpha value is -1.02. The van der Waals surface area contributed by atoms with Gasteiger partial charge >= 0.3 is 0 Å². The Balaban J connectivity index is 1.92. The van der Waals surface area contributed by atoms with E-state index in [0.29, 0.717) is 0 Å². The van der Waals surface area contributed by atoms with Crippen molar-refractivity contribution in [2.24, 2.45) is 0 Å². The molecule has 94 valence electrons. The van der Waals surface area contributed by atoms with Crippen molar-refractivity contribution >= 4 is 23.2 Å². The molecule has 2 aromatic carbocycles. The molecule has 2 aromatic rings. The molecule has 0 unspecified atom stereocenters. The van der Waals surface area contributed by atoms with Gasteiger partial charge in [-0.15, -0.1) is 0 Å². The van der Waals surface area contributed by atoms with Gasteiger partial charge in [0, 0.05) is 23.1 Å². The molecule has 0 saturated heterocycles. The van der Waals surface area contributed by atoms with Crippen molar-refractivity contribution in [2.75, 3.05) is 0 Å². The van der Waals surface area contributed by atoms with Gasteiger partial charge in [0.2, 0.25) is 0 Å². The van der Waals surface area contributed by atoms with Crippen LogP contribution in [0.1, 0.15) is 16.7 Å². The quantitative estimate of drug-likeness (QED) is 0.863. The first-order valence-electron chi connectivity index (χ1n) is 5.85. The Bertz CT molecular complexity index is 538. The van der Waals surface area contributed by atoms with Gasteiger partial charge in [0.25, 0.3) is 0 Å². The Morgan fingerprint density at radius 2 is 1.83 bits per heavy atom. The number of nitrogens with one attached hydrogen (secondary N) is 1. The van der Waals surface area contributed by atoms with Gasteiger partial charge in [0.1, 0.15) is 0 Å². The first-order chi connectivity index (χ1) is 8.65. The van der Waals surface area contributed by atoms with Crippen molar-refractivity contribution in [3.05, 3.63) is 69.2 Å². The van der Waals surface area contributed by atoms with E-state index in [1.165, 1.54) is 11.1 Å². The maximum Gasteiger partial charge on any atom is 0.0453 e. The van der Waals surface area contributed by atoms with Crippen LogP contribution in [0.2, 0.25) is 10.0 Å². The summed E-state index contributed by atoms with van der Waals surface area (Å²) in [5, 5.41) is 4.94. The number of aryl methyl sites for hydroxylation is 1. The third kappa shape index (κ3) is 3.74. The second kappa shape index (κ2) is 6.24. The van der Waals surface area contributed by atoms with E-state index in [9.17, 15) is 0 Å². The highest BCUT2D eigenvalue weighted by molar-refractivity contribution is 6.31. The zero-order valence-electron chi connectivity index (χ0n) is 10.2. The summed E-state index contributed by atoms with van der Waals surface area (Å²) in [5.41, 5.74) is 3.47. The zero-order valence-corrected chi connectivity index (χ0v) is 11.7. The molecule has 0 saturated carbocycles. The van der Waals surface area contributed by atoms with Gasteiger partial charge in [0.15, 0.2) is 0 Å². The highest BCUT2D eigenvalue weighted by Gasteiger charge is 2.00. The molecule has 0 bridgehead atoms. The fourth-order valence-corrected chi connectivity index (χ4v) is 2.30. The topological polar surface area (TPSA) is 12.0 Å². The molecule has 0 radical (unpaired) electrons. The second-order valence-corrected chi connectivity index (χ2v) is 5.17. The van der Waals surface area contributed by atoms with Crippen LogP contribution in [0.5, 0.6) is 0 Å². The maximum absolute atomic E-state index is 6.18. The largest absolute Gasteiger partial charge is 0.309 e. The highest BCUT2D eigenvalue weighted by atomic mass is 35.5. The molecule has 0 heterocycles. The number of hydrogen-bond acceptors (Lipinski definition) is 1. The van der Waals surface area contributed by atoms with Crippen LogP contribution >= 0.6 is 23.2 Å². The van der Waals surface area contributed by atoms with Crippen LogP contribution in [0.25, 0.3) is 0 Å². The van der Waals surface area contributed by atoms with E-state index in [-0.39, 0.29) is 0 Å². The fraction of sp³-hybridized carbons (Fsp3) is 0.200. The van der Waals surface area contributed by atoms with Crippen LogP contribution in [0, 0.1) is 6.92 Å². The summed E-state index contributed by atoms with van der Waals surface area (Å²) in [6.45, 7) is 3.57. The number of rotatable bonds is 4. The highest BCUT2D eigenvalue weighted by Crippen LogP contribution is 2.17. The number of benzene rings is 2. The molecular weight excluding hydrogens is 265 g/mol. The standard InChI is InChI=1S/C15H15Cl2N/c1-11-5-6-13(15(17)7-11)10-18-9-12-3-2-4-14(16)8-12/h2-8,18H,9-10H2,1H3. The smallest absolute Gasteiger partial charge is 0.0453 e. The minimum absolute atomic E-state index is 0.756. The molecular formula is C15H15Cl2N. The molecule has 1 N–H and O–H groups in total. The minimum atomic E-state index is 0.756. The third-order valence-corrected chi connectivity index (χ3v) is 3.33. The second-order valence-electron chi connectivity index (χ2n) is 4.33. The van der Waals surface area contributed by atoms with Gasteiger partial charge < -0.3 is 5.32 Å². The van der Waals surface area contributed by atoms with E-state index in [1.807, 2.05) is 31.2 Å². The summed E-state index contributed by atoms with van der Waals surface area (Å²) in [6, 6.07) is 14.0. The zero-order chi connectivity index (χ0) is 13.0. The van der Waals surface area contributed by atoms with Crippen LogP contribution in [0.15, 0.2) is 42.5 Å². The van der Waals surface area contributed by atoms with E-state index in [4.69, 9.17) is 23.2 Å². The lowest BCUT2D eigenvalue weighted by Gasteiger charge is -2.08. The van der Waals surface area contributed by atoms with E-state index >= 15 is 0 Å². The van der Waals surface area contributed by atoms with Crippen LogP contribution in [-0.4, -0.2) is 0 Å². The summed E-state index contributed by atoms with van der Waals surface area (Å²) < 4.78 is 0. The summed E-state index contributed by atoms with van der Waals surface area (Å²) in [5.74, 6) is 0. The van der Waals surface area contributed by atoms with E-state index in [2.05, 4.69) is 23.5 Å².